The molecule has 0 aliphatic carbocycles. The molecule has 2 aromatic carbocycles. The molecule has 0 amide bonds. The highest BCUT2D eigenvalue weighted by molar-refractivity contribution is 7.80. The summed E-state index contributed by atoms with van der Waals surface area (Å²) in [5, 5.41) is 1.00. The lowest BCUT2D eigenvalue weighted by Crippen LogP contribution is -2.09. The fourth-order valence-electron chi connectivity index (χ4n) is 1.57. The van der Waals surface area contributed by atoms with Crippen LogP contribution in [0.5, 0.6) is 11.5 Å². The summed E-state index contributed by atoms with van der Waals surface area (Å²) in [7, 11) is 0. The molecule has 2 N–H and O–H groups in total. The minimum atomic E-state index is 0.255. The van der Waals surface area contributed by atoms with E-state index >= 15 is 0 Å². The van der Waals surface area contributed by atoms with Gasteiger partial charge in [-0.15, -0.1) is 0 Å². The van der Waals surface area contributed by atoms with Crippen molar-refractivity contribution in [1.29, 1.82) is 0 Å². The Morgan fingerprint density at radius 2 is 1.84 bits per heavy atom. The Bertz CT molecular complexity index is 643. The Hall–Kier alpha value is -1.29. The molecule has 0 fully saturated rings. The van der Waals surface area contributed by atoms with E-state index < -0.39 is 0 Å². The van der Waals surface area contributed by atoms with Gasteiger partial charge in [0.05, 0.1) is 10.0 Å². The van der Waals surface area contributed by atoms with Gasteiger partial charge in [0, 0.05) is 11.6 Å². The first-order valence-corrected chi connectivity index (χ1v) is 6.67. The summed E-state index contributed by atoms with van der Waals surface area (Å²) in [4.78, 5) is 0.255. The zero-order chi connectivity index (χ0) is 14.0. The summed E-state index contributed by atoms with van der Waals surface area (Å²) in [6, 6.07) is 10.7. The molecule has 0 saturated heterocycles. The fourth-order valence-corrected chi connectivity index (χ4v) is 2.35. The molecule has 0 unspecified atom stereocenters. The summed E-state index contributed by atoms with van der Waals surface area (Å²) in [5.74, 6) is 1.15. The molecular formula is C14H11Cl2NOS. The van der Waals surface area contributed by atoms with Gasteiger partial charge in [0.2, 0.25) is 0 Å². The summed E-state index contributed by atoms with van der Waals surface area (Å²) in [5.41, 5.74) is 7.24. The second-order valence-corrected chi connectivity index (χ2v) is 5.30. The van der Waals surface area contributed by atoms with Crippen LogP contribution in [-0.2, 0) is 0 Å². The van der Waals surface area contributed by atoms with Gasteiger partial charge >= 0.3 is 0 Å². The largest absolute Gasteiger partial charge is 0.456 e. The van der Waals surface area contributed by atoms with Gasteiger partial charge in [-0.25, -0.2) is 0 Å². The van der Waals surface area contributed by atoms with Crippen molar-refractivity contribution in [3.63, 3.8) is 0 Å². The Balaban J connectivity index is 2.29. The molecule has 19 heavy (non-hydrogen) atoms. The monoisotopic (exact) mass is 311 g/mol. The standard InChI is InChI=1S/C14H11Cl2NOS/c1-8-2-5-13(12(16)6-8)18-9-3-4-10(14(17)19)11(15)7-9/h2-7H,1H3,(H2,17,19). The topological polar surface area (TPSA) is 35.2 Å². The number of nitrogens with two attached hydrogens (primary N) is 1. The Morgan fingerprint density at radius 1 is 1.11 bits per heavy atom. The van der Waals surface area contributed by atoms with Crippen LogP contribution < -0.4 is 10.5 Å². The average Bonchev–Trinajstić information content (AvgIpc) is 2.32. The third kappa shape index (κ3) is 3.38. The maximum absolute atomic E-state index is 6.10. The molecule has 0 aliphatic rings. The van der Waals surface area contributed by atoms with Crippen LogP contribution in [0.15, 0.2) is 36.4 Å². The first-order valence-electron chi connectivity index (χ1n) is 5.51. The highest BCUT2D eigenvalue weighted by atomic mass is 35.5. The maximum Gasteiger partial charge on any atom is 0.146 e. The van der Waals surface area contributed by atoms with E-state index in [0.29, 0.717) is 27.1 Å². The van der Waals surface area contributed by atoms with Gasteiger partial charge in [-0.3, -0.25) is 0 Å². The van der Waals surface area contributed by atoms with Gasteiger partial charge in [0.25, 0.3) is 0 Å². The lowest BCUT2D eigenvalue weighted by Gasteiger charge is -2.10. The van der Waals surface area contributed by atoms with Crippen LogP contribution in [0.3, 0.4) is 0 Å². The number of benzene rings is 2. The zero-order valence-electron chi connectivity index (χ0n) is 10.1. The van der Waals surface area contributed by atoms with Crippen LogP contribution in [0.4, 0.5) is 0 Å². The molecule has 0 saturated carbocycles. The Labute approximate surface area is 127 Å². The van der Waals surface area contributed by atoms with E-state index in [9.17, 15) is 0 Å². The molecule has 2 rings (SSSR count). The molecule has 0 radical (unpaired) electrons. The van der Waals surface area contributed by atoms with E-state index in [-0.39, 0.29) is 4.99 Å². The lowest BCUT2D eigenvalue weighted by atomic mass is 10.2. The van der Waals surface area contributed by atoms with E-state index in [2.05, 4.69) is 0 Å². The number of aryl methyl sites for hydroxylation is 1. The molecule has 0 bridgehead atoms. The maximum atomic E-state index is 6.10. The van der Waals surface area contributed by atoms with Crippen molar-refractivity contribution in [3.05, 3.63) is 57.6 Å². The molecule has 0 aromatic heterocycles. The van der Waals surface area contributed by atoms with Crippen molar-refractivity contribution in [2.75, 3.05) is 0 Å². The summed E-state index contributed by atoms with van der Waals surface area (Å²) < 4.78 is 5.68. The Morgan fingerprint density at radius 3 is 2.42 bits per heavy atom. The minimum absolute atomic E-state index is 0.255. The molecular weight excluding hydrogens is 301 g/mol. The lowest BCUT2D eigenvalue weighted by molar-refractivity contribution is 0.483. The minimum Gasteiger partial charge on any atom is -0.456 e. The molecule has 2 nitrogen and oxygen atoms in total. The van der Waals surface area contributed by atoms with Gasteiger partial charge in [0.1, 0.15) is 16.5 Å². The van der Waals surface area contributed by atoms with Gasteiger partial charge in [-0.1, -0.05) is 41.5 Å². The number of ether oxygens (including phenoxy) is 1. The van der Waals surface area contributed by atoms with Crippen molar-refractivity contribution in [2.24, 2.45) is 5.73 Å². The molecule has 0 atom stereocenters. The van der Waals surface area contributed by atoms with Crippen molar-refractivity contribution in [3.8, 4) is 11.5 Å². The van der Waals surface area contributed by atoms with E-state index in [0.717, 1.165) is 5.56 Å². The SMILES string of the molecule is Cc1ccc(Oc2ccc(C(N)=S)c(Cl)c2)c(Cl)c1. The van der Waals surface area contributed by atoms with Gasteiger partial charge in [-0.2, -0.15) is 0 Å². The summed E-state index contributed by atoms with van der Waals surface area (Å²) >= 11 is 17.1. The van der Waals surface area contributed by atoms with Crippen molar-refractivity contribution in [1.82, 2.24) is 0 Å². The quantitative estimate of drug-likeness (QED) is 0.832. The smallest absolute Gasteiger partial charge is 0.146 e. The van der Waals surface area contributed by atoms with Crippen LogP contribution in [0.25, 0.3) is 0 Å². The van der Waals surface area contributed by atoms with Gasteiger partial charge < -0.3 is 10.5 Å². The Kier molecular flexibility index (Phi) is 4.30. The second kappa shape index (κ2) is 5.78. The molecule has 98 valence electrons. The van der Waals surface area contributed by atoms with Gasteiger partial charge in [0.15, 0.2) is 0 Å². The van der Waals surface area contributed by atoms with E-state index in [4.69, 9.17) is 45.9 Å². The number of hydrogen-bond acceptors (Lipinski definition) is 2. The molecule has 5 heteroatoms. The highest BCUT2D eigenvalue weighted by Crippen LogP contribution is 2.32. The van der Waals surface area contributed by atoms with Crippen molar-refractivity contribution in [2.45, 2.75) is 6.92 Å². The van der Waals surface area contributed by atoms with E-state index in [1.54, 1.807) is 18.2 Å². The predicted molar refractivity (Wildman–Crippen MR) is 83.6 cm³/mol. The molecule has 0 aliphatic heterocycles. The van der Waals surface area contributed by atoms with Crippen molar-refractivity contribution < 1.29 is 4.74 Å². The normalized spacial score (nSPS) is 10.3. The first kappa shape index (κ1) is 14.1. The number of thiocarbonyl (C=S) groups is 1. The first-order chi connectivity index (χ1) is 8.97. The number of rotatable bonds is 3. The third-order valence-corrected chi connectivity index (χ3v) is 3.35. The highest BCUT2D eigenvalue weighted by Gasteiger charge is 2.07. The third-order valence-electron chi connectivity index (χ3n) is 2.52. The van der Waals surface area contributed by atoms with Crippen LogP contribution >= 0.6 is 35.4 Å². The van der Waals surface area contributed by atoms with E-state index in [1.807, 2.05) is 25.1 Å². The number of hydrogen-bond donors (Lipinski definition) is 1. The summed E-state index contributed by atoms with van der Waals surface area (Å²) in [6.07, 6.45) is 0. The molecule has 0 heterocycles. The van der Waals surface area contributed by atoms with Gasteiger partial charge in [-0.05, 0) is 36.8 Å². The number of halogens is 2. The average molecular weight is 312 g/mol. The second-order valence-electron chi connectivity index (χ2n) is 4.04. The molecule has 0 spiro atoms. The van der Waals surface area contributed by atoms with Crippen LogP contribution in [0.1, 0.15) is 11.1 Å². The van der Waals surface area contributed by atoms with Crippen molar-refractivity contribution >= 4 is 40.4 Å². The van der Waals surface area contributed by atoms with Crippen LogP contribution in [0, 0.1) is 6.92 Å². The summed E-state index contributed by atoms with van der Waals surface area (Å²) in [6.45, 7) is 1.96. The van der Waals surface area contributed by atoms with Crippen LogP contribution in [0.2, 0.25) is 10.0 Å². The predicted octanol–water partition coefficient (Wildman–Crippen LogP) is 4.73. The fraction of sp³-hybridized carbons (Fsp3) is 0.0714. The van der Waals surface area contributed by atoms with Crippen LogP contribution in [-0.4, -0.2) is 4.99 Å². The molecule has 2 aromatic rings. The zero-order valence-corrected chi connectivity index (χ0v) is 12.4. The van der Waals surface area contributed by atoms with E-state index in [1.165, 1.54) is 0 Å².